The first-order valence-corrected chi connectivity index (χ1v) is 5.70. The summed E-state index contributed by atoms with van der Waals surface area (Å²) in [6.45, 7) is 3.82. The van der Waals surface area contributed by atoms with Crippen molar-refractivity contribution in [1.29, 1.82) is 0 Å². The van der Waals surface area contributed by atoms with Crippen LogP contribution in [0.5, 0.6) is 5.75 Å². The van der Waals surface area contributed by atoms with E-state index in [2.05, 4.69) is 0 Å². The summed E-state index contributed by atoms with van der Waals surface area (Å²) in [5.74, 6) is 2.42. The van der Waals surface area contributed by atoms with E-state index in [1.165, 1.54) is 0 Å². The summed E-state index contributed by atoms with van der Waals surface area (Å²) in [4.78, 5) is 0. The maximum absolute atomic E-state index is 5.94. The molecule has 0 aliphatic rings. The third kappa shape index (κ3) is 2.88. The molecule has 2 N–H and O–H groups in total. The fourth-order valence-corrected chi connectivity index (χ4v) is 1.68. The van der Waals surface area contributed by atoms with Crippen molar-refractivity contribution in [1.82, 2.24) is 0 Å². The van der Waals surface area contributed by atoms with Crippen LogP contribution < -0.4 is 10.5 Å². The van der Waals surface area contributed by atoms with E-state index >= 15 is 0 Å². The first kappa shape index (κ1) is 11.7. The zero-order chi connectivity index (χ0) is 12.3. The van der Waals surface area contributed by atoms with Gasteiger partial charge < -0.3 is 14.9 Å². The monoisotopic (exact) mass is 231 g/mol. The number of hydrogen-bond acceptors (Lipinski definition) is 3. The summed E-state index contributed by atoms with van der Waals surface area (Å²) in [7, 11) is 0. The van der Waals surface area contributed by atoms with Gasteiger partial charge in [0.15, 0.2) is 6.10 Å². The van der Waals surface area contributed by atoms with Crippen molar-refractivity contribution in [2.24, 2.45) is 5.73 Å². The van der Waals surface area contributed by atoms with Gasteiger partial charge in [0.05, 0.1) is 0 Å². The number of para-hydroxylation sites is 1. The molecule has 1 aromatic carbocycles. The molecule has 0 saturated heterocycles. The van der Waals surface area contributed by atoms with Crippen LogP contribution in [0.3, 0.4) is 0 Å². The van der Waals surface area contributed by atoms with E-state index in [0.29, 0.717) is 0 Å². The van der Waals surface area contributed by atoms with Gasteiger partial charge in [0, 0.05) is 6.04 Å². The van der Waals surface area contributed by atoms with Crippen molar-refractivity contribution in [3.05, 3.63) is 54.0 Å². The Kier molecular flexibility index (Phi) is 3.49. The highest BCUT2D eigenvalue weighted by atomic mass is 16.5. The van der Waals surface area contributed by atoms with E-state index in [9.17, 15) is 0 Å². The van der Waals surface area contributed by atoms with E-state index < -0.39 is 0 Å². The second-order valence-electron chi connectivity index (χ2n) is 4.16. The molecule has 0 bridgehead atoms. The first-order valence-electron chi connectivity index (χ1n) is 5.70. The molecule has 0 spiro atoms. The topological polar surface area (TPSA) is 48.4 Å². The molecule has 1 aromatic heterocycles. The molecule has 3 nitrogen and oxygen atoms in total. The summed E-state index contributed by atoms with van der Waals surface area (Å²) in [6, 6.07) is 13.3. The third-order valence-corrected chi connectivity index (χ3v) is 2.53. The van der Waals surface area contributed by atoms with Gasteiger partial charge in [-0.15, -0.1) is 0 Å². The lowest BCUT2D eigenvalue weighted by Crippen LogP contribution is -2.28. The Morgan fingerprint density at radius 3 is 2.35 bits per heavy atom. The van der Waals surface area contributed by atoms with Crippen LogP contribution in [0.15, 0.2) is 46.9 Å². The Morgan fingerprint density at radius 1 is 1.12 bits per heavy atom. The summed E-state index contributed by atoms with van der Waals surface area (Å²) < 4.78 is 11.4. The molecule has 0 aliphatic carbocycles. The molecule has 2 aromatic rings. The normalized spacial score (nSPS) is 14.3. The smallest absolute Gasteiger partial charge is 0.171 e. The predicted octanol–water partition coefficient (Wildman–Crippen LogP) is 3.06. The second-order valence-corrected chi connectivity index (χ2v) is 4.16. The highest BCUT2D eigenvalue weighted by Crippen LogP contribution is 2.25. The fourth-order valence-electron chi connectivity index (χ4n) is 1.68. The number of benzene rings is 1. The molecular weight excluding hydrogens is 214 g/mol. The van der Waals surface area contributed by atoms with Crippen LogP contribution in [0, 0.1) is 6.92 Å². The summed E-state index contributed by atoms with van der Waals surface area (Å²) in [5.41, 5.74) is 5.94. The summed E-state index contributed by atoms with van der Waals surface area (Å²) in [5, 5.41) is 0. The van der Waals surface area contributed by atoms with Crippen molar-refractivity contribution < 1.29 is 9.15 Å². The van der Waals surface area contributed by atoms with E-state index in [1.54, 1.807) is 0 Å². The molecule has 0 radical (unpaired) electrons. The zero-order valence-corrected chi connectivity index (χ0v) is 10.1. The molecule has 3 heteroatoms. The minimum atomic E-state index is -0.258. The van der Waals surface area contributed by atoms with Crippen molar-refractivity contribution in [2.75, 3.05) is 0 Å². The lowest BCUT2D eigenvalue weighted by Gasteiger charge is -2.20. The van der Waals surface area contributed by atoms with Crippen LogP contribution in [0.25, 0.3) is 0 Å². The molecule has 17 heavy (non-hydrogen) atoms. The third-order valence-electron chi connectivity index (χ3n) is 2.53. The van der Waals surface area contributed by atoms with Gasteiger partial charge >= 0.3 is 0 Å². The molecule has 2 unspecified atom stereocenters. The number of furan rings is 1. The summed E-state index contributed by atoms with van der Waals surface area (Å²) >= 11 is 0. The van der Waals surface area contributed by atoms with Crippen LogP contribution in [0.4, 0.5) is 0 Å². The van der Waals surface area contributed by atoms with Crippen LogP contribution >= 0.6 is 0 Å². The number of nitrogens with two attached hydrogens (primary N) is 1. The van der Waals surface area contributed by atoms with Gasteiger partial charge in [-0.3, -0.25) is 0 Å². The maximum Gasteiger partial charge on any atom is 0.171 e. The van der Waals surface area contributed by atoms with E-state index in [0.717, 1.165) is 17.3 Å². The average Bonchev–Trinajstić information content (AvgIpc) is 2.73. The Hall–Kier alpha value is -1.74. The molecule has 1 heterocycles. The van der Waals surface area contributed by atoms with E-state index in [-0.39, 0.29) is 12.1 Å². The molecular formula is C14H17NO2. The van der Waals surface area contributed by atoms with Gasteiger partial charge in [-0.2, -0.15) is 0 Å². The molecule has 2 rings (SSSR count). The quantitative estimate of drug-likeness (QED) is 0.879. The van der Waals surface area contributed by atoms with Crippen molar-refractivity contribution in [3.8, 4) is 5.75 Å². The molecule has 0 amide bonds. The lowest BCUT2D eigenvalue weighted by molar-refractivity contribution is 0.152. The largest absolute Gasteiger partial charge is 0.481 e. The van der Waals surface area contributed by atoms with Crippen molar-refractivity contribution in [2.45, 2.75) is 26.0 Å². The SMILES string of the molecule is Cc1ccc(C(Oc2ccccc2)C(C)N)o1. The molecule has 0 saturated carbocycles. The average molecular weight is 231 g/mol. The molecule has 90 valence electrons. The van der Waals surface area contributed by atoms with Gasteiger partial charge in [0.2, 0.25) is 0 Å². The lowest BCUT2D eigenvalue weighted by atomic mass is 10.1. The van der Waals surface area contributed by atoms with Crippen LogP contribution in [0.1, 0.15) is 24.5 Å². The Bertz CT molecular complexity index is 462. The van der Waals surface area contributed by atoms with Gasteiger partial charge in [-0.05, 0) is 38.1 Å². The number of rotatable bonds is 4. The fraction of sp³-hybridized carbons (Fsp3) is 0.286. The number of hydrogen-bond donors (Lipinski definition) is 1. The highest BCUT2D eigenvalue weighted by molar-refractivity contribution is 5.22. The maximum atomic E-state index is 5.94. The standard InChI is InChI=1S/C14H17NO2/c1-10-8-9-13(16-10)14(11(2)15)17-12-6-4-3-5-7-12/h3-9,11,14H,15H2,1-2H3. The number of ether oxygens (including phenoxy) is 1. The minimum Gasteiger partial charge on any atom is -0.481 e. The van der Waals surface area contributed by atoms with Crippen molar-refractivity contribution >= 4 is 0 Å². The van der Waals surface area contributed by atoms with Gasteiger partial charge in [0.25, 0.3) is 0 Å². The van der Waals surface area contributed by atoms with Crippen LogP contribution in [-0.4, -0.2) is 6.04 Å². The van der Waals surface area contributed by atoms with Crippen LogP contribution in [0.2, 0.25) is 0 Å². The Morgan fingerprint density at radius 2 is 1.82 bits per heavy atom. The second kappa shape index (κ2) is 5.06. The predicted molar refractivity (Wildman–Crippen MR) is 66.9 cm³/mol. The minimum absolute atomic E-state index is 0.138. The first-order chi connectivity index (χ1) is 8.16. The number of aryl methyl sites for hydroxylation is 1. The summed E-state index contributed by atoms with van der Waals surface area (Å²) in [6.07, 6.45) is -0.258. The Balaban J connectivity index is 2.19. The van der Waals surface area contributed by atoms with Gasteiger partial charge in [-0.1, -0.05) is 18.2 Å². The molecule has 0 aliphatic heterocycles. The molecule has 2 atom stereocenters. The van der Waals surface area contributed by atoms with Crippen LogP contribution in [-0.2, 0) is 0 Å². The zero-order valence-electron chi connectivity index (χ0n) is 10.1. The highest BCUT2D eigenvalue weighted by Gasteiger charge is 2.21. The van der Waals surface area contributed by atoms with Gasteiger partial charge in [-0.25, -0.2) is 0 Å². The van der Waals surface area contributed by atoms with Gasteiger partial charge in [0.1, 0.15) is 17.3 Å². The van der Waals surface area contributed by atoms with E-state index in [1.807, 2.05) is 56.3 Å². The molecule has 0 fully saturated rings. The Labute approximate surface area is 101 Å². The van der Waals surface area contributed by atoms with Crippen molar-refractivity contribution in [3.63, 3.8) is 0 Å². The van der Waals surface area contributed by atoms with E-state index in [4.69, 9.17) is 14.9 Å².